The zero-order chi connectivity index (χ0) is 10.8. The van der Waals surface area contributed by atoms with Crippen LogP contribution in [0.4, 0.5) is 5.88 Å². The Bertz CT molecular complexity index is 518. The third kappa shape index (κ3) is 1.70. The highest BCUT2D eigenvalue weighted by Crippen LogP contribution is 2.26. The van der Waals surface area contributed by atoms with Gasteiger partial charge in [0, 0.05) is 11.6 Å². The Hall–Kier alpha value is -2.21. The zero-order valence-corrected chi connectivity index (χ0v) is 8.32. The number of benzene rings is 1. The molecule has 1 aromatic heterocycles. The van der Waals surface area contributed by atoms with E-state index in [1.54, 1.807) is 6.07 Å². The summed E-state index contributed by atoms with van der Waals surface area (Å²) >= 11 is 0. The fraction of sp³-hybridized carbons (Fsp3) is 0.0833. The summed E-state index contributed by atoms with van der Waals surface area (Å²) in [5.41, 5.74) is 8.01. The fourth-order valence-electron chi connectivity index (χ4n) is 1.35. The van der Waals surface area contributed by atoms with Crippen molar-refractivity contribution in [3.8, 4) is 17.4 Å². The van der Waals surface area contributed by atoms with Gasteiger partial charge in [-0.15, -0.1) is 0 Å². The van der Waals surface area contributed by atoms with Crippen molar-refractivity contribution in [2.45, 2.75) is 6.92 Å². The van der Waals surface area contributed by atoms with Crippen molar-refractivity contribution in [3.63, 3.8) is 0 Å². The summed E-state index contributed by atoms with van der Waals surface area (Å²) in [5.74, 6) is 0.803. The quantitative estimate of drug-likeness (QED) is 0.766. The van der Waals surface area contributed by atoms with Crippen molar-refractivity contribution in [1.29, 1.82) is 5.26 Å². The van der Waals surface area contributed by atoms with E-state index in [9.17, 15) is 0 Å². The lowest BCUT2D eigenvalue weighted by molar-refractivity contribution is 0.602. The van der Waals surface area contributed by atoms with Crippen LogP contribution in [0.25, 0.3) is 11.3 Å². The number of anilines is 1. The van der Waals surface area contributed by atoms with Crippen LogP contribution in [0.5, 0.6) is 0 Å². The van der Waals surface area contributed by atoms with Crippen molar-refractivity contribution < 1.29 is 4.42 Å². The van der Waals surface area contributed by atoms with Gasteiger partial charge in [-0.25, -0.2) is 0 Å². The first-order valence-electron chi connectivity index (χ1n) is 4.57. The van der Waals surface area contributed by atoms with Crippen molar-refractivity contribution in [2.24, 2.45) is 0 Å². The second-order valence-corrected chi connectivity index (χ2v) is 3.37. The Balaban J connectivity index is 2.46. The Morgan fingerprint density at radius 2 is 1.93 bits per heavy atom. The van der Waals surface area contributed by atoms with Gasteiger partial charge in [0.05, 0.1) is 0 Å². The van der Waals surface area contributed by atoms with E-state index < -0.39 is 0 Å². The maximum atomic E-state index is 8.73. The number of rotatable bonds is 1. The summed E-state index contributed by atoms with van der Waals surface area (Å²) in [6.07, 6.45) is 0. The minimum atomic E-state index is 0.174. The average Bonchev–Trinajstić information content (AvgIpc) is 2.61. The van der Waals surface area contributed by atoms with E-state index in [1.807, 2.05) is 37.3 Å². The third-order valence-corrected chi connectivity index (χ3v) is 2.22. The number of furan rings is 1. The molecule has 2 rings (SSSR count). The summed E-state index contributed by atoms with van der Waals surface area (Å²) < 4.78 is 5.29. The second kappa shape index (κ2) is 3.50. The lowest BCUT2D eigenvalue weighted by atomic mass is 10.1. The molecular formula is C12H10N2O. The molecule has 15 heavy (non-hydrogen) atoms. The van der Waals surface area contributed by atoms with E-state index >= 15 is 0 Å². The normalized spacial score (nSPS) is 9.87. The molecule has 0 aliphatic heterocycles. The molecular weight excluding hydrogens is 188 g/mol. The first-order valence-corrected chi connectivity index (χ1v) is 4.57. The monoisotopic (exact) mass is 198 g/mol. The standard InChI is InChI=1S/C12H10N2O/c1-8-2-4-9(5-3-8)11-6-10(7-13)12(14)15-11/h2-6H,14H2,1H3. The van der Waals surface area contributed by atoms with E-state index in [4.69, 9.17) is 15.4 Å². The van der Waals surface area contributed by atoms with Gasteiger partial charge in [-0.2, -0.15) is 5.26 Å². The largest absolute Gasteiger partial charge is 0.440 e. The summed E-state index contributed by atoms with van der Waals surface area (Å²) in [5, 5.41) is 8.73. The van der Waals surface area contributed by atoms with Gasteiger partial charge in [0.25, 0.3) is 0 Å². The molecule has 0 amide bonds. The smallest absolute Gasteiger partial charge is 0.208 e. The highest BCUT2D eigenvalue weighted by molar-refractivity contribution is 5.64. The van der Waals surface area contributed by atoms with Crippen LogP contribution >= 0.6 is 0 Å². The predicted molar refractivity (Wildman–Crippen MR) is 58.0 cm³/mol. The molecule has 0 saturated heterocycles. The number of nitrogens with zero attached hydrogens (tertiary/aromatic N) is 1. The van der Waals surface area contributed by atoms with Gasteiger partial charge >= 0.3 is 0 Å². The highest BCUT2D eigenvalue weighted by atomic mass is 16.4. The number of nitriles is 1. The molecule has 1 heterocycles. The summed E-state index contributed by atoms with van der Waals surface area (Å²) in [6.45, 7) is 2.01. The number of hydrogen-bond acceptors (Lipinski definition) is 3. The van der Waals surface area contributed by atoms with Crippen molar-refractivity contribution in [3.05, 3.63) is 41.5 Å². The first-order chi connectivity index (χ1) is 7.20. The van der Waals surface area contributed by atoms with Gasteiger partial charge in [0.15, 0.2) is 0 Å². The van der Waals surface area contributed by atoms with E-state index in [0.717, 1.165) is 5.56 Å². The minimum Gasteiger partial charge on any atom is -0.440 e. The van der Waals surface area contributed by atoms with Crippen LogP contribution in [-0.2, 0) is 0 Å². The topological polar surface area (TPSA) is 63.0 Å². The van der Waals surface area contributed by atoms with E-state index in [2.05, 4.69) is 0 Å². The lowest BCUT2D eigenvalue weighted by Gasteiger charge is -1.96. The zero-order valence-electron chi connectivity index (χ0n) is 8.32. The van der Waals surface area contributed by atoms with Crippen LogP contribution in [0.15, 0.2) is 34.7 Å². The van der Waals surface area contributed by atoms with Gasteiger partial charge in [0.2, 0.25) is 5.88 Å². The summed E-state index contributed by atoms with van der Waals surface area (Å²) in [7, 11) is 0. The molecule has 0 saturated carbocycles. The molecule has 0 unspecified atom stereocenters. The molecule has 3 heteroatoms. The third-order valence-electron chi connectivity index (χ3n) is 2.22. The van der Waals surface area contributed by atoms with Crippen LogP contribution in [0.3, 0.4) is 0 Å². The number of nitrogens with two attached hydrogens (primary N) is 1. The molecule has 0 spiro atoms. The Morgan fingerprint density at radius 3 is 2.47 bits per heavy atom. The van der Waals surface area contributed by atoms with Gasteiger partial charge in [-0.1, -0.05) is 29.8 Å². The van der Waals surface area contributed by atoms with Crippen LogP contribution in [-0.4, -0.2) is 0 Å². The summed E-state index contributed by atoms with van der Waals surface area (Å²) in [6, 6.07) is 11.5. The van der Waals surface area contributed by atoms with E-state index in [-0.39, 0.29) is 5.88 Å². The molecule has 0 aliphatic carbocycles. The lowest BCUT2D eigenvalue weighted by Crippen LogP contribution is -1.82. The van der Waals surface area contributed by atoms with Crippen LogP contribution < -0.4 is 5.73 Å². The van der Waals surface area contributed by atoms with Gasteiger partial charge in [0.1, 0.15) is 17.4 Å². The SMILES string of the molecule is Cc1ccc(-c2cc(C#N)c(N)o2)cc1. The molecule has 3 nitrogen and oxygen atoms in total. The molecule has 0 radical (unpaired) electrons. The number of nitrogen functional groups attached to an aromatic ring is 1. The van der Waals surface area contributed by atoms with Gasteiger partial charge < -0.3 is 10.2 Å². The van der Waals surface area contributed by atoms with Crippen molar-refractivity contribution >= 4 is 5.88 Å². The minimum absolute atomic E-state index is 0.174. The van der Waals surface area contributed by atoms with Crippen LogP contribution in [0.2, 0.25) is 0 Å². The molecule has 1 aromatic carbocycles. The Kier molecular flexibility index (Phi) is 2.18. The Morgan fingerprint density at radius 1 is 1.27 bits per heavy atom. The molecule has 2 N–H and O–H groups in total. The average molecular weight is 198 g/mol. The Labute approximate surface area is 87.7 Å². The molecule has 2 aromatic rings. The van der Waals surface area contributed by atoms with Crippen LogP contribution in [0.1, 0.15) is 11.1 Å². The highest BCUT2D eigenvalue weighted by Gasteiger charge is 2.08. The van der Waals surface area contributed by atoms with Crippen LogP contribution in [0, 0.1) is 18.3 Å². The fourth-order valence-corrected chi connectivity index (χ4v) is 1.35. The van der Waals surface area contributed by atoms with Crippen molar-refractivity contribution in [2.75, 3.05) is 5.73 Å². The maximum absolute atomic E-state index is 8.73. The molecule has 0 bridgehead atoms. The number of hydrogen-bond donors (Lipinski definition) is 1. The molecule has 0 aliphatic rings. The predicted octanol–water partition coefficient (Wildman–Crippen LogP) is 2.71. The maximum Gasteiger partial charge on any atom is 0.208 e. The van der Waals surface area contributed by atoms with Gasteiger partial charge in [-0.3, -0.25) is 0 Å². The molecule has 74 valence electrons. The van der Waals surface area contributed by atoms with Crippen molar-refractivity contribution in [1.82, 2.24) is 0 Å². The molecule has 0 atom stereocenters. The number of aryl methyl sites for hydroxylation is 1. The second-order valence-electron chi connectivity index (χ2n) is 3.37. The first kappa shape index (κ1) is 9.35. The van der Waals surface area contributed by atoms with Gasteiger partial charge in [-0.05, 0) is 6.92 Å². The summed E-state index contributed by atoms with van der Waals surface area (Å²) in [4.78, 5) is 0. The van der Waals surface area contributed by atoms with E-state index in [1.165, 1.54) is 5.56 Å². The molecule has 0 fully saturated rings. The van der Waals surface area contributed by atoms with E-state index in [0.29, 0.717) is 11.3 Å².